The third kappa shape index (κ3) is 4.12. The van der Waals surface area contributed by atoms with Gasteiger partial charge in [0.05, 0.1) is 26.3 Å². The van der Waals surface area contributed by atoms with E-state index in [0.29, 0.717) is 15.7 Å². The zero-order valence-electron chi connectivity index (χ0n) is 14.4. The van der Waals surface area contributed by atoms with Crippen LogP contribution >= 0.6 is 11.3 Å². The fourth-order valence-electron chi connectivity index (χ4n) is 2.43. The first-order valence-electron chi connectivity index (χ1n) is 7.86. The van der Waals surface area contributed by atoms with E-state index in [-0.39, 0.29) is 6.42 Å². The van der Waals surface area contributed by atoms with Gasteiger partial charge < -0.3 is 19.9 Å². The molecule has 1 aromatic heterocycles. The first-order chi connectivity index (χ1) is 12.6. The number of methoxy groups -OCH3 is 2. The highest BCUT2D eigenvalue weighted by molar-refractivity contribution is 7.16. The zero-order valence-corrected chi connectivity index (χ0v) is 15.2. The van der Waals surface area contributed by atoms with Gasteiger partial charge in [-0.3, -0.25) is 4.79 Å². The average molecular weight is 370 g/mol. The highest BCUT2D eigenvalue weighted by Gasteiger charge is 2.16. The lowest BCUT2D eigenvalue weighted by molar-refractivity contribution is -0.136. The van der Waals surface area contributed by atoms with E-state index < -0.39 is 5.97 Å². The smallest absolute Gasteiger partial charge is 0.308 e. The molecule has 134 valence electrons. The molecule has 0 bridgehead atoms. The highest BCUT2D eigenvalue weighted by atomic mass is 32.1. The molecule has 0 aliphatic rings. The first-order valence-corrected chi connectivity index (χ1v) is 8.67. The molecule has 0 amide bonds. The normalized spacial score (nSPS) is 10.4. The number of carboxylic acid groups (broad SMARTS) is 1. The molecule has 0 atom stereocenters. The number of hydrogen-bond acceptors (Lipinski definition) is 6. The van der Waals surface area contributed by atoms with Gasteiger partial charge in [0.2, 0.25) is 0 Å². The lowest BCUT2D eigenvalue weighted by atomic mass is 10.1. The number of aromatic nitrogens is 1. The Bertz CT molecular complexity index is 889. The zero-order chi connectivity index (χ0) is 18.5. The Morgan fingerprint density at radius 2 is 1.62 bits per heavy atom. The van der Waals surface area contributed by atoms with Crippen molar-refractivity contribution < 1.29 is 19.4 Å². The number of anilines is 2. The summed E-state index contributed by atoms with van der Waals surface area (Å²) in [5.41, 5.74) is 2.36. The topological polar surface area (TPSA) is 80.7 Å². The molecule has 1 heterocycles. The fraction of sp³-hybridized carbons (Fsp3) is 0.158. The van der Waals surface area contributed by atoms with Gasteiger partial charge in [-0.25, -0.2) is 4.98 Å². The molecule has 0 saturated carbocycles. The summed E-state index contributed by atoms with van der Waals surface area (Å²) in [5.74, 6) is 0.611. The minimum absolute atomic E-state index is 0.0800. The van der Waals surface area contributed by atoms with E-state index in [2.05, 4.69) is 10.3 Å². The summed E-state index contributed by atoms with van der Waals surface area (Å²) in [6.07, 6.45) is -0.0800. The van der Waals surface area contributed by atoms with Crippen LogP contribution in [-0.2, 0) is 11.2 Å². The summed E-state index contributed by atoms with van der Waals surface area (Å²) in [6, 6.07) is 14.9. The number of aliphatic carboxylic acids is 1. The number of thiazole rings is 1. The molecule has 0 aliphatic heterocycles. The van der Waals surface area contributed by atoms with E-state index in [1.165, 1.54) is 11.3 Å². The molecule has 26 heavy (non-hydrogen) atoms. The van der Waals surface area contributed by atoms with Crippen molar-refractivity contribution in [2.45, 2.75) is 6.42 Å². The van der Waals surface area contributed by atoms with Crippen molar-refractivity contribution in [3.63, 3.8) is 0 Å². The van der Waals surface area contributed by atoms with Crippen LogP contribution in [0.1, 0.15) is 4.88 Å². The van der Waals surface area contributed by atoms with Gasteiger partial charge >= 0.3 is 5.97 Å². The van der Waals surface area contributed by atoms with E-state index in [1.807, 2.05) is 48.5 Å². The second kappa shape index (κ2) is 7.88. The molecule has 6 nitrogen and oxygen atoms in total. The summed E-state index contributed by atoms with van der Waals surface area (Å²) in [7, 11) is 3.22. The Morgan fingerprint density at radius 1 is 1.04 bits per heavy atom. The lowest BCUT2D eigenvalue weighted by Crippen LogP contribution is -1.99. The molecule has 7 heteroatoms. The van der Waals surface area contributed by atoms with Gasteiger partial charge in [-0.05, 0) is 48.5 Å². The molecule has 0 radical (unpaired) electrons. The van der Waals surface area contributed by atoms with Crippen LogP contribution in [0.15, 0.2) is 48.5 Å². The van der Waals surface area contributed by atoms with E-state index in [4.69, 9.17) is 9.47 Å². The number of ether oxygens (including phenoxy) is 2. The van der Waals surface area contributed by atoms with Gasteiger partial charge in [0.1, 0.15) is 11.5 Å². The number of nitrogens with zero attached hydrogens (tertiary/aromatic N) is 1. The maximum atomic E-state index is 11.2. The molecule has 2 N–H and O–H groups in total. The van der Waals surface area contributed by atoms with Crippen LogP contribution in [0.25, 0.3) is 11.3 Å². The van der Waals surface area contributed by atoms with Crippen molar-refractivity contribution in [1.29, 1.82) is 0 Å². The molecular weight excluding hydrogens is 352 g/mol. The standard InChI is InChI=1S/C19H18N2O4S/c1-24-14-7-3-12(4-8-14)18-16(11-17(22)23)26-19(21-18)20-13-5-9-15(25-2)10-6-13/h3-10H,11H2,1-2H3,(H,20,21)(H,22,23). The molecule has 0 aliphatic carbocycles. The van der Waals surface area contributed by atoms with Crippen molar-refractivity contribution >= 4 is 28.1 Å². The lowest BCUT2D eigenvalue weighted by Gasteiger charge is -2.04. The van der Waals surface area contributed by atoms with Crippen molar-refractivity contribution in [2.24, 2.45) is 0 Å². The molecule has 3 aromatic rings. The molecular formula is C19H18N2O4S. The largest absolute Gasteiger partial charge is 0.497 e. The molecule has 2 aromatic carbocycles. The minimum Gasteiger partial charge on any atom is -0.497 e. The molecule has 0 saturated heterocycles. The predicted molar refractivity (Wildman–Crippen MR) is 102 cm³/mol. The first kappa shape index (κ1) is 17.8. The van der Waals surface area contributed by atoms with Crippen molar-refractivity contribution in [3.8, 4) is 22.8 Å². The maximum Gasteiger partial charge on any atom is 0.308 e. The van der Waals surface area contributed by atoms with Crippen molar-refractivity contribution in [1.82, 2.24) is 4.98 Å². The number of nitrogens with one attached hydrogen (secondary N) is 1. The van der Waals surface area contributed by atoms with E-state index in [1.54, 1.807) is 14.2 Å². The third-order valence-electron chi connectivity index (χ3n) is 3.71. The third-order valence-corrected chi connectivity index (χ3v) is 4.68. The molecule has 3 rings (SSSR count). The van der Waals surface area contributed by atoms with Gasteiger partial charge in [-0.1, -0.05) is 0 Å². The highest BCUT2D eigenvalue weighted by Crippen LogP contribution is 2.34. The monoisotopic (exact) mass is 370 g/mol. The fourth-order valence-corrected chi connectivity index (χ4v) is 3.43. The summed E-state index contributed by atoms with van der Waals surface area (Å²) in [5, 5.41) is 13.1. The SMILES string of the molecule is COc1ccc(Nc2nc(-c3ccc(OC)cc3)c(CC(=O)O)s2)cc1. The van der Waals surface area contributed by atoms with Gasteiger partial charge in [0, 0.05) is 16.1 Å². The number of benzene rings is 2. The average Bonchev–Trinajstić information content (AvgIpc) is 3.04. The Hall–Kier alpha value is -3.06. The number of rotatable bonds is 7. The molecule has 0 unspecified atom stereocenters. The van der Waals surface area contributed by atoms with E-state index in [9.17, 15) is 9.90 Å². The van der Waals surface area contributed by atoms with Crippen LogP contribution < -0.4 is 14.8 Å². The van der Waals surface area contributed by atoms with Crippen molar-refractivity contribution in [3.05, 3.63) is 53.4 Å². The van der Waals surface area contributed by atoms with Crippen LogP contribution in [0.4, 0.5) is 10.8 Å². The summed E-state index contributed by atoms with van der Waals surface area (Å²) in [6.45, 7) is 0. The minimum atomic E-state index is -0.889. The van der Waals surface area contributed by atoms with Gasteiger partial charge in [-0.2, -0.15) is 0 Å². The summed E-state index contributed by atoms with van der Waals surface area (Å²) >= 11 is 1.33. The second-order valence-corrected chi connectivity index (χ2v) is 6.53. The van der Waals surface area contributed by atoms with Crippen LogP contribution in [0.3, 0.4) is 0 Å². The van der Waals surface area contributed by atoms with Crippen LogP contribution in [-0.4, -0.2) is 30.3 Å². The molecule has 0 spiro atoms. The van der Waals surface area contributed by atoms with Crippen molar-refractivity contribution in [2.75, 3.05) is 19.5 Å². The number of carbonyl (C=O) groups is 1. The Labute approximate surface area is 155 Å². The quantitative estimate of drug-likeness (QED) is 0.649. The van der Waals surface area contributed by atoms with Gasteiger partial charge in [0.25, 0.3) is 0 Å². The van der Waals surface area contributed by atoms with Crippen LogP contribution in [0.5, 0.6) is 11.5 Å². The number of hydrogen-bond donors (Lipinski definition) is 2. The maximum absolute atomic E-state index is 11.2. The summed E-state index contributed by atoms with van der Waals surface area (Å²) in [4.78, 5) is 16.5. The second-order valence-electron chi connectivity index (χ2n) is 5.44. The Balaban J connectivity index is 1.90. The van der Waals surface area contributed by atoms with Crippen LogP contribution in [0, 0.1) is 0 Å². The van der Waals surface area contributed by atoms with E-state index in [0.717, 1.165) is 22.7 Å². The Morgan fingerprint density at radius 3 is 2.15 bits per heavy atom. The van der Waals surface area contributed by atoms with Crippen LogP contribution in [0.2, 0.25) is 0 Å². The molecule has 0 fully saturated rings. The number of carboxylic acids is 1. The predicted octanol–water partition coefficient (Wildman–Crippen LogP) is 4.20. The van der Waals surface area contributed by atoms with Gasteiger partial charge in [-0.15, -0.1) is 11.3 Å². The van der Waals surface area contributed by atoms with E-state index >= 15 is 0 Å². The Kier molecular flexibility index (Phi) is 5.38. The van der Waals surface area contributed by atoms with Gasteiger partial charge in [0.15, 0.2) is 5.13 Å². The summed E-state index contributed by atoms with van der Waals surface area (Å²) < 4.78 is 10.3.